The normalized spacial score (nSPS) is 12.5. The van der Waals surface area contributed by atoms with Gasteiger partial charge in [-0.05, 0) is 37.3 Å². The van der Waals surface area contributed by atoms with Gasteiger partial charge < -0.3 is 18.7 Å². The van der Waals surface area contributed by atoms with Gasteiger partial charge in [-0.15, -0.1) is 0 Å². The molecular weight excluding hydrogens is 417 g/mol. The zero-order valence-electron chi connectivity index (χ0n) is 15.7. The Balaban J connectivity index is 1.53. The van der Waals surface area contributed by atoms with Crippen molar-refractivity contribution in [3.8, 4) is 22.8 Å². The number of carbonyl (C=O) groups is 2. The first kappa shape index (κ1) is 19.9. The van der Waals surface area contributed by atoms with Gasteiger partial charge in [0.25, 0.3) is 0 Å². The van der Waals surface area contributed by atoms with Gasteiger partial charge in [0, 0.05) is 5.56 Å². The van der Waals surface area contributed by atoms with Gasteiger partial charge in [-0.3, -0.25) is 4.79 Å². The van der Waals surface area contributed by atoms with Gasteiger partial charge in [-0.25, -0.2) is 9.18 Å². The average molecular weight is 432 g/mol. The first-order valence-corrected chi connectivity index (χ1v) is 9.34. The Kier molecular flexibility index (Phi) is 5.41. The number of esters is 1. The van der Waals surface area contributed by atoms with Gasteiger partial charge in [0.2, 0.25) is 0 Å². The molecule has 0 spiro atoms. The molecule has 2 heterocycles. The minimum absolute atomic E-state index is 0.0599. The van der Waals surface area contributed by atoms with E-state index in [1.807, 2.05) is 0 Å². The SMILES string of the molecule is Cc1onc(-c2c(F)cccc2Cl)c1C(=O)OCC(=O)c1ccc2c(c1)OCCO2. The van der Waals surface area contributed by atoms with Crippen LogP contribution < -0.4 is 9.47 Å². The van der Waals surface area contributed by atoms with Crippen LogP contribution >= 0.6 is 11.6 Å². The van der Waals surface area contributed by atoms with Crippen LogP contribution in [0, 0.1) is 12.7 Å². The third kappa shape index (κ3) is 3.73. The van der Waals surface area contributed by atoms with E-state index in [1.165, 1.54) is 31.2 Å². The number of halogens is 2. The molecule has 1 aromatic heterocycles. The fourth-order valence-electron chi connectivity index (χ4n) is 3.01. The molecule has 1 aliphatic heterocycles. The van der Waals surface area contributed by atoms with Crippen molar-refractivity contribution in [2.45, 2.75) is 6.92 Å². The molecule has 0 saturated carbocycles. The van der Waals surface area contributed by atoms with Crippen molar-refractivity contribution in [1.82, 2.24) is 5.16 Å². The van der Waals surface area contributed by atoms with Gasteiger partial charge in [-0.2, -0.15) is 0 Å². The number of fused-ring (bicyclic) bond motifs is 1. The molecule has 0 unspecified atom stereocenters. The Labute approximate surface area is 175 Å². The molecule has 3 aromatic rings. The van der Waals surface area contributed by atoms with Crippen LogP contribution in [0.5, 0.6) is 11.5 Å². The van der Waals surface area contributed by atoms with E-state index in [1.54, 1.807) is 12.1 Å². The number of benzene rings is 2. The van der Waals surface area contributed by atoms with Crippen LogP contribution in [0.1, 0.15) is 26.5 Å². The summed E-state index contributed by atoms with van der Waals surface area (Å²) in [6.07, 6.45) is 0. The zero-order valence-corrected chi connectivity index (χ0v) is 16.5. The first-order chi connectivity index (χ1) is 14.5. The van der Waals surface area contributed by atoms with Gasteiger partial charge in [0.1, 0.15) is 36.0 Å². The molecule has 0 saturated heterocycles. The Bertz CT molecular complexity index is 1120. The van der Waals surface area contributed by atoms with Gasteiger partial charge in [0.15, 0.2) is 23.9 Å². The fraction of sp³-hybridized carbons (Fsp3) is 0.190. The number of carbonyl (C=O) groups excluding carboxylic acids is 2. The van der Waals surface area contributed by atoms with E-state index >= 15 is 0 Å². The maximum atomic E-state index is 14.3. The summed E-state index contributed by atoms with van der Waals surface area (Å²) < 4.78 is 35.3. The minimum Gasteiger partial charge on any atom is -0.486 e. The summed E-state index contributed by atoms with van der Waals surface area (Å²) >= 11 is 6.07. The Hall–Kier alpha value is -3.39. The number of ether oxygens (including phenoxy) is 3. The van der Waals surface area contributed by atoms with Crippen LogP contribution in [-0.2, 0) is 4.74 Å². The number of nitrogens with zero attached hydrogens (tertiary/aromatic N) is 1. The second-order valence-electron chi connectivity index (χ2n) is 6.42. The molecule has 9 heteroatoms. The number of Topliss-reactive ketones (excluding diaryl/α,β-unsaturated/α-hetero) is 1. The largest absolute Gasteiger partial charge is 0.486 e. The molecule has 2 aromatic carbocycles. The molecule has 30 heavy (non-hydrogen) atoms. The van der Waals surface area contributed by atoms with Crippen LogP contribution in [0.3, 0.4) is 0 Å². The number of rotatable bonds is 5. The summed E-state index contributed by atoms with van der Waals surface area (Å²) in [5.41, 5.74) is 0.0249. The molecule has 7 nitrogen and oxygen atoms in total. The standard InChI is InChI=1S/C21H15ClFNO6/c1-11-18(20(24-30-11)19-13(22)3-2-4-14(19)23)21(26)29-10-15(25)12-5-6-16-17(9-12)28-8-7-27-16/h2-6,9H,7-8,10H2,1H3. The van der Waals surface area contributed by atoms with E-state index in [0.29, 0.717) is 30.3 Å². The molecule has 154 valence electrons. The molecule has 1 aliphatic rings. The predicted octanol–water partition coefficient (Wildman–Crippen LogP) is 4.25. The average Bonchev–Trinajstić information content (AvgIpc) is 3.12. The maximum absolute atomic E-state index is 14.3. The third-order valence-electron chi connectivity index (χ3n) is 4.46. The van der Waals surface area contributed by atoms with Crippen LogP contribution in [0.15, 0.2) is 40.9 Å². The van der Waals surface area contributed by atoms with E-state index in [2.05, 4.69) is 5.16 Å². The zero-order chi connectivity index (χ0) is 21.3. The Morgan fingerprint density at radius 3 is 2.70 bits per heavy atom. The van der Waals surface area contributed by atoms with Crippen LogP contribution in [0.25, 0.3) is 11.3 Å². The highest BCUT2D eigenvalue weighted by Crippen LogP contribution is 2.34. The smallest absolute Gasteiger partial charge is 0.344 e. The molecule has 0 atom stereocenters. The van der Waals surface area contributed by atoms with E-state index < -0.39 is 24.2 Å². The molecule has 0 amide bonds. The summed E-state index contributed by atoms with van der Waals surface area (Å²) in [4.78, 5) is 25.1. The van der Waals surface area contributed by atoms with Gasteiger partial charge in [-0.1, -0.05) is 22.8 Å². The number of hydrogen-bond acceptors (Lipinski definition) is 7. The Morgan fingerprint density at radius 1 is 1.17 bits per heavy atom. The highest BCUT2D eigenvalue weighted by atomic mass is 35.5. The summed E-state index contributed by atoms with van der Waals surface area (Å²) in [6.45, 7) is 1.76. The minimum atomic E-state index is -0.881. The monoisotopic (exact) mass is 431 g/mol. The predicted molar refractivity (Wildman–Crippen MR) is 104 cm³/mol. The second kappa shape index (κ2) is 8.16. The van der Waals surface area contributed by atoms with E-state index in [0.717, 1.165) is 0 Å². The maximum Gasteiger partial charge on any atom is 0.344 e. The van der Waals surface area contributed by atoms with Crippen molar-refractivity contribution in [2.75, 3.05) is 19.8 Å². The van der Waals surface area contributed by atoms with E-state index in [9.17, 15) is 14.0 Å². The number of ketones is 1. The summed E-state index contributed by atoms with van der Waals surface area (Å²) in [5.74, 6) is -0.891. The summed E-state index contributed by atoms with van der Waals surface area (Å²) in [6, 6.07) is 8.78. The highest BCUT2D eigenvalue weighted by molar-refractivity contribution is 6.33. The van der Waals surface area contributed by atoms with Crippen LogP contribution in [-0.4, -0.2) is 36.7 Å². The number of aryl methyl sites for hydroxylation is 1. The topological polar surface area (TPSA) is 87.9 Å². The Morgan fingerprint density at radius 2 is 1.93 bits per heavy atom. The lowest BCUT2D eigenvalue weighted by Gasteiger charge is -2.18. The van der Waals surface area contributed by atoms with Crippen molar-refractivity contribution < 1.29 is 32.7 Å². The summed E-state index contributed by atoms with van der Waals surface area (Å²) in [5, 5.41) is 3.81. The molecule has 0 aliphatic carbocycles. The third-order valence-corrected chi connectivity index (χ3v) is 4.78. The number of hydrogen-bond donors (Lipinski definition) is 0. The molecule has 0 radical (unpaired) electrons. The summed E-state index contributed by atoms with van der Waals surface area (Å²) in [7, 11) is 0. The molecule has 0 bridgehead atoms. The number of aromatic nitrogens is 1. The lowest BCUT2D eigenvalue weighted by molar-refractivity contribution is 0.0473. The lowest BCUT2D eigenvalue weighted by atomic mass is 10.1. The second-order valence-corrected chi connectivity index (χ2v) is 6.82. The van der Waals surface area contributed by atoms with Crippen LogP contribution in [0.4, 0.5) is 4.39 Å². The van der Waals surface area contributed by atoms with Crippen LogP contribution in [0.2, 0.25) is 5.02 Å². The van der Waals surface area contributed by atoms with E-state index in [4.69, 9.17) is 30.3 Å². The fourth-order valence-corrected chi connectivity index (χ4v) is 3.26. The van der Waals surface area contributed by atoms with Crippen molar-refractivity contribution in [3.63, 3.8) is 0 Å². The van der Waals surface area contributed by atoms with Gasteiger partial charge in [0.05, 0.1) is 10.6 Å². The highest BCUT2D eigenvalue weighted by Gasteiger charge is 2.27. The van der Waals surface area contributed by atoms with Crippen molar-refractivity contribution in [3.05, 3.63) is 64.1 Å². The first-order valence-electron chi connectivity index (χ1n) is 8.96. The van der Waals surface area contributed by atoms with Crippen molar-refractivity contribution in [2.24, 2.45) is 0 Å². The molecule has 0 N–H and O–H groups in total. The lowest BCUT2D eigenvalue weighted by Crippen LogP contribution is -2.17. The van der Waals surface area contributed by atoms with Gasteiger partial charge >= 0.3 is 5.97 Å². The quantitative estimate of drug-likeness (QED) is 0.440. The van der Waals surface area contributed by atoms with Crippen molar-refractivity contribution >= 4 is 23.4 Å². The molecular formula is C21H15ClFNO6. The molecule has 4 rings (SSSR count). The molecule has 0 fully saturated rings. The van der Waals surface area contributed by atoms with E-state index in [-0.39, 0.29) is 27.6 Å². The van der Waals surface area contributed by atoms with Crippen molar-refractivity contribution in [1.29, 1.82) is 0 Å².